The molecule has 2 heterocycles. The van der Waals surface area contributed by atoms with Crippen molar-refractivity contribution in [3.63, 3.8) is 0 Å². The standard InChI is InChI=1S/C48H31NOS/c1-3-12-32(13-4-1)33-22-24-34(25-23-33)35-26-28-37(29-27-35)49(43-19-11-18-40-39-16-8-10-21-45(39)51-48(40)43)42-31-30-38(36-14-5-2-6-15-36)47-46(42)41-17-7-9-20-44(41)50-47/h1-31H. The fourth-order valence-electron chi connectivity index (χ4n) is 7.45. The highest BCUT2D eigenvalue weighted by atomic mass is 32.1. The molecular formula is C48H31NOS. The summed E-state index contributed by atoms with van der Waals surface area (Å²) < 4.78 is 9.27. The van der Waals surface area contributed by atoms with Crippen molar-refractivity contribution in [3.05, 3.63) is 188 Å². The molecule has 0 aliphatic heterocycles. The van der Waals surface area contributed by atoms with Crippen molar-refractivity contribution in [1.82, 2.24) is 0 Å². The molecule has 51 heavy (non-hydrogen) atoms. The third kappa shape index (κ3) is 5.01. The zero-order chi connectivity index (χ0) is 33.7. The lowest BCUT2D eigenvalue weighted by Crippen LogP contribution is -2.10. The summed E-state index contributed by atoms with van der Waals surface area (Å²) in [5, 5.41) is 4.75. The molecule has 0 radical (unpaired) electrons. The number of nitrogens with zero attached hydrogens (tertiary/aromatic N) is 1. The molecule has 2 aromatic heterocycles. The Labute approximate surface area is 300 Å². The summed E-state index contributed by atoms with van der Waals surface area (Å²) in [6.07, 6.45) is 0. The van der Waals surface area contributed by atoms with E-state index < -0.39 is 0 Å². The van der Waals surface area contributed by atoms with E-state index in [-0.39, 0.29) is 0 Å². The predicted octanol–water partition coefficient (Wildman–Crippen LogP) is 14.4. The summed E-state index contributed by atoms with van der Waals surface area (Å²) in [5.41, 5.74) is 12.1. The van der Waals surface area contributed by atoms with Crippen LogP contribution in [0.3, 0.4) is 0 Å². The molecule has 10 rings (SSSR count). The van der Waals surface area contributed by atoms with E-state index in [9.17, 15) is 0 Å². The van der Waals surface area contributed by atoms with Gasteiger partial charge in [0.15, 0.2) is 0 Å². The lowest BCUT2D eigenvalue weighted by Gasteiger charge is -2.27. The molecule has 0 aliphatic rings. The van der Waals surface area contributed by atoms with Gasteiger partial charge in [-0.3, -0.25) is 0 Å². The van der Waals surface area contributed by atoms with Gasteiger partial charge >= 0.3 is 0 Å². The molecule has 3 heteroatoms. The Balaban J connectivity index is 1.18. The lowest BCUT2D eigenvalue weighted by atomic mass is 9.99. The number of anilines is 3. The van der Waals surface area contributed by atoms with Crippen LogP contribution in [0.4, 0.5) is 17.1 Å². The predicted molar refractivity (Wildman–Crippen MR) is 218 cm³/mol. The maximum absolute atomic E-state index is 6.73. The van der Waals surface area contributed by atoms with Gasteiger partial charge in [-0.25, -0.2) is 0 Å². The summed E-state index contributed by atoms with van der Waals surface area (Å²) in [4.78, 5) is 2.43. The highest BCUT2D eigenvalue weighted by molar-refractivity contribution is 7.26. The van der Waals surface area contributed by atoms with Crippen LogP contribution in [-0.2, 0) is 0 Å². The van der Waals surface area contributed by atoms with Crippen molar-refractivity contribution < 1.29 is 4.42 Å². The molecular weight excluding hydrogens is 639 g/mol. The first-order valence-electron chi connectivity index (χ1n) is 17.3. The van der Waals surface area contributed by atoms with Gasteiger partial charge in [-0.1, -0.05) is 146 Å². The number of hydrogen-bond donors (Lipinski definition) is 0. The second-order valence-electron chi connectivity index (χ2n) is 12.9. The summed E-state index contributed by atoms with van der Waals surface area (Å²) >= 11 is 1.85. The van der Waals surface area contributed by atoms with Gasteiger partial charge in [-0.15, -0.1) is 11.3 Å². The monoisotopic (exact) mass is 669 g/mol. The van der Waals surface area contributed by atoms with E-state index in [1.54, 1.807) is 0 Å². The maximum atomic E-state index is 6.73. The van der Waals surface area contributed by atoms with Crippen LogP contribution in [0.1, 0.15) is 0 Å². The molecule has 0 saturated heterocycles. The zero-order valence-corrected chi connectivity index (χ0v) is 28.5. The van der Waals surface area contributed by atoms with E-state index in [1.807, 2.05) is 17.4 Å². The zero-order valence-electron chi connectivity index (χ0n) is 27.7. The number of benzene rings is 8. The number of furan rings is 1. The SMILES string of the molecule is c1ccc(-c2ccc(-c3ccc(N(c4cccc5c4sc4ccccc45)c4ccc(-c5ccccc5)c5oc6ccccc6c45)cc3)cc2)cc1. The van der Waals surface area contributed by atoms with E-state index in [1.165, 1.54) is 42.4 Å². The van der Waals surface area contributed by atoms with Crippen LogP contribution in [0.2, 0.25) is 0 Å². The molecule has 0 saturated carbocycles. The van der Waals surface area contributed by atoms with E-state index in [0.717, 1.165) is 50.1 Å². The minimum absolute atomic E-state index is 0.881. The van der Waals surface area contributed by atoms with Crippen LogP contribution in [0.25, 0.3) is 75.5 Å². The third-order valence-corrected chi connectivity index (χ3v) is 11.1. The molecule has 240 valence electrons. The van der Waals surface area contributed by atoms with Crippen LogP contribution < -0.4 is 4.90 Å². The molecule has 2 nitrogen and oxygen atoms in total. The second-order valence-corrected chi connectivity index (χ2v) is 13.9. The van der Waals surface area contributed by atoms with Crippen LogP contribution >= 0.6 is 11.3 Å². The number of hydrogen-bond acceptors (Lipinski definition) is 3. The number of rotatable bonds is 6. The molecule has 0 aliphatic carbocycles. The van der Waals surface area contributed by atoms with Gasteiger partial charge in [0.1, 0.15) is 11.2 Å². The molecule has 0 unspecified atom stereocenters. The Kier molecular flexibility index (Phi) is 7.04. The Morgan fingerprint density at radius 2 is 0.961 bits per heavy atom. The first kappa shape index (κ1) is 29.5. The van der Waals surface area contributed by atoms with Crippen molar-refractivity contribution in [1.29, 1.82) is 0 Å². The lowest BCUT2D eigenvalue weighted by molar-refractivity contribution is 0.670. The molecule has 0 amide bonds. The summed E-state index contributed by atoms with van der Waals surface area (Å²) in [6.45, 7) is 0. The topological polar surface area (TPSA) is 16.4 Å². The Morgan fingerprint density at radius 3 is 1.69 bits per heavy atom. The van der Waals surface area contributed by atoms with Crippen molar-refractivity contribution in [2.45, 2.75) is 0 Å². The Morgan fingerprint density at radius 1 is 0.392 bits per heavy atom. The first-order valence-corrected chi connectivity index (χ1v) is 18.1. The fraction of sp³-hybridized carbons (Fsp3) is 0. The van der Waals surface area contributed by atoms with Crippen molar-refractivity contribution in [2.75, 3.05) is 4.90 Å². The van der Waals surface area contributed by atoms with Gasteiger partial charge in [-0.2, -0.15) is 0 Å². The van der Waals surface area contributed by atoms with E-state index >= 15 is 0 Å². The van der Waals surface area contributed by atoms with Gasteiger partial charge < -0.3 is 9.32 Å². The highest BCUT2D eigenvalue weighted by Crippen LogP contribution is 2.49. The number of fused-ring (bicyclic) bond motifs is 6. The smallest absolute Gasteiger partial charge is 0.145 e. The molecule has 10 aromatic rings. The van der Waals surface area contributed by atoms with Crippen LogP contribution in [0.15, 0.2) is 192 Å². The molecule has 0 fully saturated rings. The van der Waals surface area contributed by atoms with Crippen molar-refractivity contribution >= 4 is 70.5 Å². The van der Waals surface area contributed by atoms with E-state index in [2.05, 4.69) is 187 Å². The summed E-state index contributed by atoms with van der Waals surface area (Å²) in [5.74, 6) is 0. The molecule has 0 bridgehead atoms. The minimum atomic E-state index is 0.881. The largest absolute Gasteiger partial charge is 0.455 e. The van der Waals surface area contributed by atoms with Gasteiger partial charge in [0, 0.05) is 32.1 Å². The van der Waals surface area contributed by atoms with Crippen molar-refractivity contribution in [2.24, 2.45) is 0 Å². The molecule has 0 N–H and O–H groups in total. The minimum Gasteiger partial charge on any atom is -0.455 e. The Bertz CT molecular complexity index is 2830. The Hall–Kier alpha value is -6.42. The van der Waals surface area contributed by atoms with E-state index in [4.69, 9.17) is 4.42 Å². The van der Waals surface area contributed by atoms with Gasteiger partial charge in [0.25, 0.3) is 0 Å². The average Bonchev–Trinajstić information content (AvgIpc) is 3.79. The van der Waals surface area contributed by atoms with Gasteiger partial charge in [-0.05, 0) is 70.3 Å². The second kappa shape index (κ2) is 12.2. The van der Waals surface area contributed by atoms with Gasteiger partial charge in [0.05, 0.1) is 21.5 Å². The maximum Gasteiger partial charge on any atom is 0.145 e. The summed E-state index contributed by atoms with van der Waals surface area (Å²) in [6, 6.07) is 67.2. The fourth-order valence-corrected chi connectivity index (χ4v) is 8.65. The number of thiophene rings is 1. The van der Waals surface area contributed by atoms with Crippen molar-refractivity contribution in [3.8, 4) is 33.4 Å². The quantitative estimate of drug-likeness (QED) is 0.175. The highest BCUT2D eigenvalue weighted by Gasteiger charge is 2.24. The third-order valence-electron chi connectivity index (χ3n) is 9.91. The van der Waals surface area contributed by atoms with E-state index in [0.29, 0.717) is 0 Å². The van der Waals surface area contributed by atoms with Gasteiger partial charge in [0.2, 0.25) is 0 Å². The first-order chi connectivity index (χ1) is 25.3. The van der Waals surface area contributed by atoms with Crippen LogP contribution in [0.5, 0.6) is 0 Å². The number of para-hydroxylation sites is 1. The molecule has 0 spiro atoms. The molecule has 8 aromatic carbocycles. The normalized spacial score (nSPS) is 11.5. The summed E-state index contributed by atoms with van der Waals surface area (Å²) in [7, 11) is 0. The van der Waals surface area contributed by atoms with Crippen LogP contribution in [0, 0.1) is 0 Å². The average molecular weight is 670 g/mol. The molecule has 0 atom stereocenters. The van der Waals surface area contributed by atoms with Crippen LogP contribution in [-0.4, -0.2) is 0 Å².